The molecule has 0 saturated carbocycles. The number of aromatic nitrogens is 1. The molecule has 0 atom stereocenters. The van der Waals surface area contributed by atoms with Crippen molar-refractivity contribution >= 4 is 11.3 Å². The Kier molecular flexibility index (Phi) is 3.03. The first kappa shape index (κ1) is 11.2. The first-order valence-corrected chi connectivity index (χ1v) is 5.86. The molecule has 0 radical (unpaired) electrons. The maximum Gasteiger partial charge on any atom is 0.126 e. The van der Waals surface area contributed by atoms with E-state index in [2.05, 4.69) is 4.98 Å². The van der Waals surface area contributed by atoms with Crippen LogP contribution in [0.4, 0.5) is 4.39 Å². The summed E-state index contributed by atoms with van der Waals surface area (Å²) in [4.78, 5) is 5.52. The van der Waals surface area contributed by atoms with Crippen molar-refractivity contribution in [1.82, 2.24) is 4.98 Å². The topological polar surface area (TPSA) is 38.9 Å². The highest BCUT2D eigenvalue weighted by Crippen LogP contribution is 2.28. The Balaban J connectivity index is 2.46. The Hall–Kier alpha value is -1.26. The van der Waals surface area contributed by atoms with Crippen molar-refractivity contribution in [2.75, 3.05) is 0 Å². The van der Waals surface area contributed by atoms with Gasteiger partial charge in [0, 0.05) is 17.0 Å². The third-order valence-electron chi connectivity index (χ3n) is 2.48. The molecule has 0 spiro atoms. The van der Waals surface area contributed by atoms with Gasteiger partial charge in [-0.15, -0.1) is 11.3 Å². The van der Waals surface area contributed by atoms with E-state index >= 15 is 0 Å². The van der Waals surface area contributed by atoms with E-state index in [-0.39, 0.29) is 5.82 Å². The molecule has 0 aliphatic rings. The zero-order chi connectivity index (χ0) is 11.7. The Labute approximate surface area is 97.9 Å². The fourth-order valence-electron chi connectivity index (χ4n) is 1.52. The van der Waals surface area contributed by atoms with Gasteiger partial charge in [0.25, 0.3) is 0 Å². The van der Waals surface area contributed by atoms with Gasteiger partial charge in [-0.2, -0.15) is 0 Å². The molecule has 0 unspecified atom stereocenters. The normalized spacial score (nSPS) is 10.8. The Morgan fingerprint density at radius 3 is 2.69 bits per heavy atom. The Morgan fingerprint density at radius 1 is 1.38 bits per heavy atom. The van der Waals surface area contributed by atoms with Crippen molar-refractivity contribution in [1.29, 1.82) is 0 Å². The zero-order valence-corrected chi connectivity index (χ0v) is 10.1. The molecule has 1 heterocycles. The number of thiazole rings is 1. The zero-order valence-electron chi connectivity index (χ0n) is 9.25. The van der Waals surface area contributed by atoms with Gasteiger partial charge in [0.15, 0.2) is 0 Å². The van der Waals surface area contributed by atoms with Crippen molar-refractivity contribution in [2.45, 2.75) is 20.4 Å². The van der Waals surface area contributed by atoms with Gasteiger partial charge < -0.3 is 5.73 Å². The van der Waals surface area contributed by atoms with Gasteiger partial charge >= 0.3 is 0 Å². The predicted molar refractivity (Wildman–Crippen MR) is 64.9 cm³/mol. The minimum atomic E-state index is -0.184. The van der Waals surface area contributed by atoms with Crippen LogP contribution in [-0.2, 0) is 6.54 Å². The predicted octanol–water partition coefficient (Wildman–Crippen LogP) is 3.02. The second kappa shape index (κ2) is 4.31. The molecule has 0 saturated heterocycles. The molecule has 16 heavy (non-hydrogen) atoms. The quantitative estimate of drug-likeness (QED) is 0.870. The number of hydrogen-bond donors (Lipinski definition) is 1. The van der Waals surface area contributed by atoms with Crippen LogP contribution in [0.3, 0.4) is 0 Å². The highest BCUT2D eigenvalue weighted by Gasteiger charge is 2.09. The number of nitrogens with zero attached hydrogens (tertiary/aromatic N) is 1. The number of nitrogens with two attached hydrogens (primary N) is 1. The number of hydrogen-bond acceptors (Lipinski definition) is 3. The fraction of sp³-hybridized carbons (Fsp3) is 0.250. The summed E-state index contributed by atoms with van der Waals surface area (Å²) in [5, 5.41) is 0.904. The molecule has 0 fully saturated rings. The monoisotopic (exact) mass is 236 g/mol. The molecule has 2 N–H and O–H groups in total. The maximum absolute atomic E-state index is 13.1. The SMILES string of the molecule is Cc1cc(-c2nc(C)c(CN)s2)ccc1F. The summed E-state index contributed by atoms with van der Waals surface area (Å²) >= 11 is 1.57. The van der Waals surface area contributed by atoms with Crippen LogP contribution in [0.2, 0.25) is 0 Å². The summed E-state index contributed by atoms with van der Waals surface area (Å²) in [6.07, 6.45) is 0. The molecule has 0 amide bonds. The van der Waals surface area contributed by atoms with Crippen molar-refractivity contribution < 1.29 is 4.39 Å². The van der Waals surface area contributed by atoms with Crippen LogP contribution in [0, 0.1) is 19.7 Å². The van der Waals surface area contributed by atoms with E-state index in [0.29, 0.717) is 12.1 Å². The van der Waals surface area contributed by atoms with Gasteiger partial charge in [-0.05, 0) is 37.6 Å². The molecule has 4 heteroatoms. The molecule has 1 aromatic carbocycles. The van der Waals surface area contributed by atoms with Gasteiger partial charge in [0.05, 0.1) is 5.69 Å². The van der Waals surface area contributed by atoms with Crippen molar-refractivity contribution in [3.63, 3.8) is 0 Å². The van der Waals surface area contributed by atoms with E-state index in [1.807, 2.05) is 13.0 Å². The molecule has 0 aliphatic carbocycles. The standard InChI is InChI=1S/C12H13FN2S/c1-7-5-9(3-4-10(7)13)12-15-8(2)11(6-14)16-12/h3-5H,6,14H2,1-2H3. The highest BCUT2D eigenvalue weighted by atomic mass is 32.1. The lowest BCUT2D eigenvalue weighted by Crippen LogP contribution is -1.94. The lowest BCUT2D eigenvalue weighted by atomic mass is 10.1. The van der Waals surface area contributed by atoms with Crippen LogP contribution in [0.1, 0.15) is 16.1 Å². The van der Waals surface area contributed by atoms with Gasteiger partial charge in [-0.3, -0.25) is 0 Å². The summed E-state index contributed by atoms with van der Waals surface area (Å²) in [6.45, 7) is 4.20. The molecule has 2 aromatic rings. The maximum atomic E-state index is 13.1. The van der Waals surface area contributed by atoms with Crippen molar-refractivity contribution in [2.24, 2.45) is 5.73 Å². The molecule has 0 bridgehead atoms. The van der Waals surface area contributed by atoms with Crippen LogP contribution in [0.25, 0.3) is 10.6 Å². The summed E-state index contributed by atoms with van der Waals surface area (Å²) < 4.78 is 13.1. The van der Waals surface area contributed by atoms with Crippen LogP contribution < -0.4 is 5.73 Å². The number of benzene rings is 1. The number of halogens is 1. The largest absolute Gasteiger partial charge is 0.326 e. The van der Waals surface area contributed by atoms with Crippen LogP contribution in [0.5, 0.6) is 0 Å². The second-order valence-electron chi connectivity index (χ2n) is 3.70. The van der Waals surface area contributed by atoms with E-state index < -0.39 is 0 Å². The average molecular weight is 236 g/mol. The van der Waals surface area contributed by atoms with Gasteiger partial charge in [-0.25, -0.2) is 9.37 Å². The number of rotatable bonds is 2. The summed E-state index contributed by atoms with van der Waals surface area (Å²) in [7, 11) is 0. The van der Waals surface area contributed by atoms with E-state index in [1.165, 1.54) is 6.07 Å². The van der Waals surface area contributed by atoms with Crippen molar-refractivity contribution in [3.8, 4) is 10.6 Å². The number of aryl methyl sites for hydroxylation is 2. The first-order valence-electron chi connectivity index (χ1n) is 5.04. The summed E-state index contributed by atoms with van der Waals surface area (Å²) in [5.41, 5.74) is 8.16. The smallest absolute Gasteiger partial charge is 0.126 e. The van der Waals surface area contributed by atoms with Crippen molar-refractivity contribution in [3.05, 3.63) is 40.2 Å². The second-order valence-corrected chi connectivity index (χ2v) is 4.78. The van der Waals surface area contributed by atoms with Gasteiger partial charge in [0.1, 0.15) is 10.8 Å². The third kappa shape index (κ3) is 1.99. The average Bonchev–Trinajstić information content (AvgIpc) is 2.64. The molecule has 0 aliphatic heterocycles. The minimum Gasteiger partial charge on any atom is -0.326 e. The summed E-state index contributed by atoms with van der Waals surface area (Å²) in [6, 6.07) is 5.04. The molecule has 1 aromatic heterocycles. The summed E-state index contributed by atoms with van der Waals surface area (Å²) in [5.74, 6) is -0.184. The fourth-order valence-corrected chi connectivity index (χ4v) is 2.46. The van der Waals surface area contributed by atoms with Crippen LogP contribution in [-0.4, -0.2) is 4.98 Å². The van der Waals surface area contributed by atoms with E-state index in [0.717, 1.165) is 21.1 Å². The third-order valence-corrected chi connectivity index (χ3v) is 3.71. The molecule has 2 nitrogen and oxygen atoms in total. The molecule has 2 rings (SSSR count). The Morgan fingerprint density at radius 2 is 2.12 bits per heavy atom. The van der Waals surface area contributed by atoms with Gasteiger partial charge in [0.2, 0.25) is 0 Å². The van der Waals surface area contributed by atoms with E-state index in [9.17, 15) is 4.39 Å². The Bertz CT molecular complexity index is 520. The van der Waals surface area contributed by atoms with Crippen LogP contribution >= 0.6 is 11.3 Å². The lowest BCUT2D eigenvalue weighted by Gasteiger charge is -1.99. The van der Waals surface area contributed by atoms with E-state index in [1.54, 1.807) is 24.3 Å². The lowest BCUT2D eigenvalue weighted by molar-refractivity contribution is 0.619. The molecular weight excluding hydrogens is 223 g/mol. The molecular formula is C12H13FN2S. The first-order chi connectivity index (χ1) is 7.61. The van der Waals surface area contributed by atoms with Crippen LogP contribution in [0.15, 0.2) is 18.2 Å². The van der Waals surface area contributed by atoms with E-state index in [4.69, 9.17) is 5.73 Å². The minimum absolute atomic E-state index is 0.184. The van der Waals surface area contributed by atoms with Gasteiger partial charge in [-0.1, -0.05) is 0 Å². The molecule has 84 valence electrons. The highest BCUT2D eigenvalue weighted by molar-refractivity contribution is 7.15.